The predicted molar refractivity (Wildman–Crippen MR) is 171 cm³/mol. The van der Waals surface area contributed by atoms with Crippen molar-refractivity contribution >= 4 is 39.4 Å². The van der Waals surface area contributed by atoms with Crippen LogP contribution in [0.1, 0.15) is 57.1 Å². The third-order valence-electron chi connectivity index (χ3n) is 7.61. The van der Waals surface area contributed by atoms with Crippen molar-refractivity contribution in [1.82, 2.24) is 9.55 Å². The van der Waals surface area contributed by atoms with E-state index in [0.717, 1.165) is 50.9 Å². The molecule has 5 rings (SSSR count). The molecule has 0 amide bonds. The highest BCUT2D eigenvalue weighted by atomic mass is 35.5. The van der Waals surface area contributed by atoms with E-state index < -0.39 is 5.41 Å². The lowest BCUT2D eigenvalue weighted by Gasteiger charge is -2.25. The Hall–Kier alpha value is -3.83. The van der Waals surface area contributed by atoms with Gasteiger partial charge in [-0.15, -0.1) is 0 Å². The van der Waals surface area contributed by atoms with E-state index in [9.17, 15) is 4.79 Å². The minimum Gasteiger partial charge on any atom is -0.487 e. The van der Waals surface area contributed by atoms with Crippen molar-refractivity contribution in [2.45, 2.75) is 60.6 Å². The molecular weight excluding hydrogens is 544 g/mol. The predicted octanol–water partition coefficient (Wildman–Crippen LogP) is 8.80. The molecule has 0 saturated carbocycles. The topological polar surface area (TPSA) is 53.4 Å². The van der Waals surface area contributed by atoms with E-state index in [1.807, 2.05) is 56.3 Å². The maximum atomic E-state index is 12.8. The summed E-state index contributed by atoms with van der Waals surface area (Å²) < 4.78 is 13.9. The monoisotopic (exact) mass is 582 g/mol. The number of pyridine rings is 1. The molecule has 0 N–H and O–H groups in total. The zero-order valence-corrected chi connectivity index (χ0v) is 26.1. The van der Waals surface area contributed by atoms with Gasteiger partial charge < -0.3 is 14.0 Å². The molecule has 0 radical (unpaired) electrons. The SMILES string of the molecule is COC(=O)C(C)(C)Cc1c(CC(C)(C)C)c2cc(OCc3ccc4ccccc4n3)ccc2n1Cc1ccc(Cl)cc1. The van der Waals surface area contributed by atoms with Gasteiger partial charge in [0.15, 0.2) is 0 Å². The average Bonchev–Trinajstić information content (AvgIpc) is 3.21. The normalized spacial score (nSPS) is 12.2. The fraction of sp³-hybridized carbons (Fsp3) is 0.333. The Morgan fingerprint density at radius 1 is 0.905 bits per heavy atom. The highest BCUT2D eigenvalue weighted by Gasteiger charge is 2.33. The number of esters is 1. The Bertz CT molecular complexity index is 1730. The Labute approximate surface area is 253 Å². The molecule has 0 aliphatic heterocycles. The van der Waals surface area contributed by atoms with Crippen LogP contribution in [0.2, 0.25) is 5.02 Å². The van der Waals surface area contributed by atoms with E-state index in [4.69, 9.17) is 26.1 Å². The Balaban J connectivity index is 1.59. The summed E-state index contributed by atoms with van der Waals surface area (Å²) in [5.74, 6) is 0.564. The van der Waals surface area contributed by atoms with Gasteiger partial charge in [-0.05, 0) is 79.3 Å². The number of para-hydroxylation sites is 1. The highest BCUT2D eigenvalue weighted by Crippen LogP contribution is 2.38. The first-order valence-corrected chi connectivity index (χ1v) is 14.8. The van der Waals surface area contributed by atoms with Crippen molar-refractivity contribution in [3.63, 3.8) is 0 Å². The van der Waals surface area contributed by atoms with Crippen LogP contribution in [0.5, 0.6) is 5.75 Å². The second-order valence-electron chi connectivity index (χ2n) is 12.9. The number of carbonyl (C=O) groups excluding carboxylic acids is 1. The molecule has 2 heterocycles. The smallest absolute Gasteiger partial charge is 0.311 e. The summed E-state index contributed by atoms with van der Waals surface area (Å²) in [6, 6.07) is 26.4. The van der Waals surface area contributed by atoms with Gasteiger partial charge in [0.05, 0.1) is 23.7 Å². The summed E-state index contributed by atoms with van der Waals surface area (Å²) in [4.78, 5) is 17.6. The molecule has 0 aliphatic carbocycles. The van der Waals surface area contributed by atoms with Crippen LogP contribution in [-0.4, -0.2) is 22.6 Å². The van der Waals surface area contributed by atoms with E-state index in [-0.39, 0.29) is 11.4 Å². The summed E-state index contributed by atoms with van der Waals surface area (Å²) in [5.41, 5.74) is 5.78. The molecule has 42 heavy (non-hydrogen) atoms. The Morgan fingerprint density at radius 3 is 2.36 bits per heavy atom. The number of rotatable bonds is 9. The molecule has 0 bridgehead atoms. The van der Waals surface area contributed by atoms with E-state index in [0.29, 0.717) is 24.6 Å². The number of nitrogens with zero attached hydrogens (tertiary/aromatic N) is 2. The van der Waals surface area contributed by atoms with Gasteiger partial charge in [-0.3, -0.25) is 4.79 Å². The Kier molecular flexibility index (Phi) is 8.34. The summed E-state index contributed by atoms with van der Waals surface area (Å²) in [7, 11) is 1.46. The van der Waals surface area contributed by atoms with Crippen LogP contribution in [0.15, 0.2) is 78.9 Å². The molecule has 6 heteroatoms. The van der Waals surface area contributed by atoms with Crippen LogP contribution in [0.4, 0.5) is 0 Å². The summed E-state index contributed by atoms with van der Waals surface area (Å²) in [6.45, 7) is 11.7. The largest absolute Gasteiger partial charge is 0.487 e. The quantitative estimate of drug-likeness (QED) is 0.163. The lowest BCUT2D eigenvalue weighted by atomic mass is 9.82. The third-order valence-corrected chi connectivity index (χ3v) is 7.86. The van der Waals surface area contributed by atoms with Gasteiger partial charge >= 0.3 is 5.97 Å². The van der Waals surface area contributed by atoms with Gasteiger partial charge in [0.25, 0.3) is 0 Å². The molecule has 0 aliphatic rings. The van der Waals surface area contributed by atoms with Gasteiger partial charge in [0.2, 0.25) is 0 Å². The molecule has 0 spiro atoms. The summed E-state index contributed by atoms with van der Waals surface area (Å²) >= 11 is 6.20. The van der Waals surface area contributed by atoms with Gasteiger partial charge in [-0.1, -0.05) is 68.8 Å². The fourth-order valence-electron chi connectivity index (χ4n) is 5.54. The number of fused-ring (bicyclic) bond motifs is 2. The van der Waals surface area contributed by atoms with Crippen LogP contribution < -0.4 is 4.74 Å². The van der Waals surface area contributed by atoms with Crippen LogP contribution in [0.25, 0.3) is 21.8 Å². The van der Waals surface area contributed by atoms with Crippen molar-refractivity contribution in [3.8, 4) is 5.75 Å². The van der Waals surface area contributed by atoms with Crippen molar-refractivity contribution in [2.24, 2.45) is 10.8 Å². The fourth-order valence-corrected chi connectivity index (χ4v) is 5.67. The van der Waals surface area contributed by atoms with Crippen molar-refractivity contribution < 1.29 is 14.3 Å². The maximum Gasteiger partial charge on any atom is 0.311 e. The number of carbonyl (C=O) groups is 1. The number of aromatic nitrogens is 2. The lowest BCUT2D eigenvalue weighted by Crippen LogP contribution is -2.30. The molecule has 2 aromatic heterocycles. The van der Waals surface area contributed by atoms with Crippen molar-refractivity contribution in [1.29, 1.82) is 0 Å². The number of halogens is 1. The van der Waals surface area contributed by atoms with Crippen LogP contribution in [-0.2, 0) is 35.5 Å². The number of benzene rings is 3. The minimum absolute atomic E-state index is 0.0232. The third kappa shape index (κ3) is 6.63. The Morgan fingerprint density at radius 2 is 1.64 bits per heavy atom. The first-order chi connectivity index (χ1) is 19.9. The van der Waals surface area contributed by atoms with Crippen LogP contribution in [0.3, 0.4) is 0 Å². The van der Waals surface area contributed by atoms with E-state index in [1.165, 1.54) is 12.7 Å². The van der Waals surface area contributed by atoms with Gasteiger partial charge in [-0.2, -0.15) is 0 Å². The number of ether oxygens (including phenoxy) is 2. The van der Waals surface area contributed by atoms with Gasteiger partial charge in [0.1, 0.15) is 12.4 Å². The summed E-state index contributed by atoms with van der Waals surface area (Å²) in [5, 5.41) is 2.96. The molecule has 0 unspecified atom stereocenters. The van der Waals surface area contributed by atoms with E-state index >= 15 is 0 Å². The number of hydrogen-bond acceptors (Lipinski definition) is 4. The van der Waals surface area contributed by atoms with Crippen molar-refractivity contribution in [3.05, 3.63) is 106 Å². The number of hydrogen-bond donors (Lipinski definition) is 0. The zero-order valence-electron chi connectivity index (χ0n) is 25.3. The molecule has 0 saturated heterocycles. The van der Waals surface area contributed by atoms with E-state index in [2.05, 4.69) is 61.7 Å². The van der Waals surface area contributed by atoms with Gasteiger partial charge in [0, 0.05) is 40.0 Å². The molecule has 218 valence electrons. The number of methoxy groups -OCH3 is 1. The second-order valence-corrected chi connectivity index (χ2v) is 13.3. The highest BCUT2D eigenvalue weighted by molar-refractivity contribution is 6.30. The maximum absolute atomic E-state index is 12.8. The second kappa shape index (κ2) is 11.8. The van der Waals surface area contributed by atoms with Gasteiger partial charge in [-0.25, -0.2) is 4.98 Å². The molecular formula is C36H39ClN2O3. The van der Waals surface area contributed by atoms with Crippen LogP contribution in [0, 0.1) is 10.8 Å². The van der Waals surface area contributed by atoms with Crippen molar-refractivity contribution in [2.75, 3.05) is 7.11 Å². The lowest BCUT2D eigenvalue weighted by molar-refractivity contribution is -0.150. The summed E-state index contributed by atoms with van der Waals surface area (Å²) in [6.07, 6.45) is 1.39. The molecule has 5 nitrogen and oxygen atoms in total. The molecule has 5 aromatic rings. The average molecular weight is 583 g/mol. The minimum atomic E-state index is -0.700. The first-order valence-electron chi connectivity index (χ1n) is 14.4. The zero-order chi connectivity index (χ0) is 30.1. The van der Waals surface area contributed by atoms with E-state index in [1.54, 1.807) is 0 Å². The standard InChI is InChI=1S/C36H39ClN2O3/c1-35(2,3)20-30-29-19-28(42-23-27-16-13-25-9-7-8-10-31(25)38-27)17-18-32(29)39(22-24-11-14-26(37)15-12-24)33(30)21-36(4,5)34(40)41-6/h7-19H,20-23H2,1-6H3. The molecule has 3 aromatic carbocycles. The first kappa shape index (κ1) is 29.7. The molecule has 0 fully saturated rings. The van der Waals surface area contributed by atoms with Crippen LogP contribution >= 0.6 is 11.6 Å². The molecule has 0 atom stereocenters.